The van der Waals surface area contributed by atoms with Crippen LogP contribution in [0, 0.1) is 0 Å². The molecular formula is C17H24N6O. The van der Waals surface area contributed by atoms with Crippen LogP contribution in [0.1, 0.15) is 61.7 Å². The van der Waals surface area contributed by atoms with Gasteiger partial charge in [-0.3, -0.25) is 4.79 Å². The molecule has 0 fully saturated rings. The van der Waals surface area contributed by atoms with Crippen molar-refractivity contribution >= 4 is 11.7 Å². The lowest BCUT2D eigenvalue weighted by atomic mass is 10.1. The predicted molar refractivity (Wildman–Crippen MR) is 91.8 cm³/mol. The molecule has 0 radical (unpaired) electrons. The first kappa shape index (κ1) is 16.4. The van der Waals surface area contributed by atoms with Crippen LogP contribution < -0.4 is 10.6 Å². The van der Waals surface area contributed by atoms with E-state index in [4.69, 9.17) is 0 Å². The van der Waals surface area contributed by atoms with Crippen molar-refractivity contribution in [2.24, 2.45) is 0 Å². The molecule has 1 atom stereocenters. The Hall–Kier alpha value is -2.44. The Morgan fingerprint density at radius 1 is 1.46 bits per heavy atom. The van der Waals surface area contributed by atoms with Crippen LogP contribution in [-0.2, 0) is 13.0 Å². The SMILES string of the molecule is CCc1nc2n(n1)CCCC2NC(=O)c1cccnc1NC(C)C. The predicted octanol–water partition coefficient (Wildman–Crippen LogP) is 2.32. The highest BCUT2D eigenvalue weighted by atomic mass is 16.1. The summed E-state index contributed by atoms with van der Waals surface area (Å²) in [5.41, 5.74) is 0.554. The van der Waals surface area contributed by atoms with Gasteiger partial charge in [-0.25, -0.2) is 14.6 Å². The fourth-order valence-electron chi connectivity index (χ4n) is 2.90. The number of carbonyl (C=O) groups excluding carboxylic acids is 1. The summed E-state index contributed by atoms with van der Waals surface area (Å²) in [7, 11) is 0. The third kappa shape index (κ3) is 3.39. The average Bonchev–Trinajstić information content (AvgIpc) is 2.99. The Morgan fingerprint density at radius 3 is 3.04 bits per heavy atom. The standard InChI is InChI=1S/C17H24N6O/c1-4-14-21-16-13(8-6-10-23(16)22-14)20-17(24)12-7-5-9-18-15(12)19-11(2)3/h5,7,9,11,13H,4,6,8,10H2,1-3H3,(H,18,19)(H,20,24). The number of hydrogen-bond acceptors (Lipinski definition) is 5. The highest BCUT2D eigenvalue weighted by Crippen LogP contribution is 2.24. The number of anilines is 1. The lowest BCUT2D eigenvalue weighted by molar-refractivity contribution is 0.0928. The van der Waals surface area contributed by atoms with E-state index in [0.29, 0.717) is 11.4 Å². The van der Waals surface area contributed by atoms with Gasteiger partial charge in [0.05, 0.1) is 11.6 Å². The number of carbonyl (C=O) groups is 1. The molecular weight excluding hydrogens is 304 g/mol. The third-order valence-electron chi connectivity index (χ3n) is 4.02. The fourth-order valence-corrected chi connectivity index (χ4v) is 2.90. The van der Waals surface area contributed by atoms with Crippen LogP contribution in [0.15, 0.2) is 18.3 Å². The summed E-state index contributed by atoms with van der Waals surface area (Å²) in [6.07, 6.45) is 4.34. The van der Waals surface area contributed by atoms with Crippen molar-refractivity contribution in [3.63, 3.8) is 0 Å². The van der Waals surface area contributed by atoms with Crippen molar-refractivity contribution in [2.75, 3.05) is 5.32 Å². The maximum absolute atomic E-state index is 12.8. The normalized spacial score (nSPS) is 16.8. The van der Waals surface area contributed by atoms with Gasteiger partial charge < -0.3 is 10.6 Å². The summed E-state index contributed by atoms with van der Waals surface area (Å²) in [6, 6.07) is 3.67. The molecule has 0 saturated heterocycles. The van der Waals surface area contributed by atoms with Gasteiger partial charge in [0.25, 0.3) is 5.91 Å². The summed E-state index contributed by atoms with van der Waals surface area (Å²) < 4.78 is 1.92. The first-order valence-electron chi connectivity index (χ1n) is 8.54. The molecule has 0 aromatic carbocycles. The van der Waals surface area contributed by atoms with Crippen molar-refractivity contribution in [1.82, 2.24) is 25.1 Å². The number of hydrogen-bond donors (Lipinski definition) is 2. The van der Waals surface area contributed by atoms with Gasteiger partial charge in [-0.1, -0.05) is 6.92 Å². The number of pyridine rings is 1. The molecule has 2 N–H and O–H groups in total. The molecule has 1 aliphatic rings. The molecule has 128 valence electrons. The zero-order valence-electron chi connectivity index (χ0n) is 14.4. The number of rotatable bonds is 5. The van der Waals surface area contributed by atoms with Crippen LogP contribution in [-0.4, -0.2) is 31.7 Å². The molecule has 7 heteroatoms. The molecule has 0 aliphatic carbocycles. The van der Waals surface area contributed by atoms with E-state index in [1.165, 1.54) is 0 Å². The molecule has 3 rings (SSSR count). The van der Waals surface area contributed by atoms with Gasteiger partial charge in [-0.2, -0.15) is 5.10 Å². The van der Waals surface area contributed by atoms with Gasteiger partial charge in [-0.05, 0) is 38.8 Å². The molecule has 2 aromatic heterocycles. The molecule has 1 aliphatic heterocycles. The lowest BCUT2D eigenvalue weighted by Crippen LogP contribution is -2.34. The van der Waals surface area contributed by atoms with Gasteiger partial charge in [0.2, 0.25) is 0 Å². The highest BCUT2D eigenvalue weighted by molar-refractivity contribution is 5.98. The molecule has 2 aromatic rings. The first-order chi connectivity index (χ1) is 11.6. The summed E-state index contributed by atoms with van der Waals surface area (Å²) >= 11 is 0. The minimum absolute atomic E-state index is 0.105. The summed E-state index contributed by atoms with van der Waals surface area (Å²) in [5.74, 6) is 2.16. The van der Waals surface area contributed by atoms with Crippen molar-refractivity contribution in [3.8, 4) is 0 Å². The van der Waals surface area contributed by atoms with Crippen LogP contribution in [0.5, 0.6) is 0 Å². The minimum atomic E-state index is -0.134. The highest BCUT2D eigenvalue weighted by Gasteiger charge is 2.26. The number of aromatic nitrogens is 4. The van der Waals surface area contributed by atoms with Gasteiger partial charge in [0.1, 0.15) is 11.6 Å². The van der Waals surface area contributed by atoms with E-state index in [-0.39, 0.29) is 18.0 Å². The van der Waals surface area contributed by atoms with Crippen molar-refractivity contribution in [1.29, 1.82) is 0 Å². The van der Waals surface area contributed by atoms with E-state index in [2.05, 4.69) is 25.7 Å². The Balaban J connectivity index is 1.80. The van der Waals surface area contributed by atoms with E-state index < -0.39 is 0 Å². The van der Waals surface area contributed by atoms with Crippen LogP contribution in [0.3, 0.4) is 0 Å². The zero-order valence-corrected chi connectivity index (χ0v) is 14.4. The molecule has 24 heavy (non-hydrogen) atoms. The minimum Gasteiger partial charge on any atom is -0.367 e. The maximum atomic E-state index is 12.8. The fraction of sp³-hybridized carbons (Fsp3) is 0.529. The van der Waals surface area contributed by atoms with Crippen LogP contribution in [0.25, 0.3) is 0 Å². The topological polar surface area (TPSA) is 84.7 Å². The largest absolute Gasteiger partial charge is 0.367 e. The Labute approximate surface area is 141 Å². The van der Waals surface area contributed by atoms with Gasteiger partial charge in [0, 0.05) is 25.2 Å². The van der Waals surface area contributed by atoms with Crippen molar-refractivity contribution in [3.05, 3.63) is 35.5 Å². The third-order valence-corrected chi connectivity index (χ3v) is 4.02. The zero-order chi connectivity index (χ0) is 17.1. The quantitative estimate of drug-likeness (QED) is 0.880. The number of nitrogens with one attached hydrogen (secondary N) is 2. The molecule has 0 spiro atoms. The van der Waals surface area contributed by atoms with Crippen molar-refractivity contribution < 1.29 is 4.79 Å². The maximum Gasteiger partial charge on any atom is 0.255 e. The summed E-state index contributed by atoms with van der Waals surface area (Å²) in [4.78, 5) is 21.6. The molecule has 3 heterocycles. The summed E-state index contributed by atoms with van der Waals surface area (Å²) in [6.45, 7) is 6.94. The smallest absolute Gasteiger partial charge is 0.255 e. The average molecular weight is 328 g/mol. The molecule has 7 nitrogen and oxygen atoms in total. The van der Waals surface area contributed by atoms with Crippen LogP contribution in [0.2, 0.25) is 0 Å². The van der Waals surface area contributed by atoms with Crippen LogP contribution in [0.4, 0.5) is 5.82 Å². The molecule has 1 amide bonds. The van der Waals surface area contributed by atoms with E-state index in [0.717, 1.165) is 37.5 Å². The van der Waals surface area contributed by atoms with Crippen LogP contribution >= 0.6 is 0 Å². The van der Waals surface area contributed by atoms with Crippen molar-refractivity contribution in [2.45, 2.75) is 58.7 Å². The second-order valence-electron chi connectivity index (χ2n) is 6.33. The summed E-state index contributed by atoms with van der Waals surface area (Å²) in [5, 5.41) is 10.8. The van der Waals surface area contributed by atoms with Gasteiger partial charge in [-0.15, -0.1) is 0 Å². The Morgan fingerprint density at radius 2 is 2.29 bits per heavy atom. The van der Waals surface area contributed by atoms with Gasteiger partial charge >= 0.3 is 0 Å². The molecule has 0 saturated carbocycles. The van der Waals surface area contributed by atoms with E-state index in [1.807, 2.05) is 25.5 Å². The number of nitrogens with zero attached hydrogens (tertiary/aromatic N) is 4. The second kappa shape index (κ2) is 6.98. The number of fused-ring (bicyclic) bond motifs is 1. The molecule has 0 bridgehead atoms. The van der Waals surface area contributed by atoms with E-state index in [9.17, 15) is 4.79 Å². The first-order valence-corrected chi connectivity index (χ1v) is 8.54. The molecule has 1 unspecified atom stereocenters. The second-order valence-corrected chi connectivity index (χ2v) is 6.33. The van der Waals surface area contributed by atoms with E-state index in [1.54, 1.807) is 18.3 Å². The Kier molecular flexibility index (Phi) is 4.78. The Bertz CT molecular complexity index is 724. The number of amides is 1. The lowest BCUT2D eigenvalue weighted by Gasteiger charge is -2.23. The number of aryl methyl sites for hydroxylation is 2. The van der Waals surface area contributed by atoms with Gasteiger partial charge in [0.15, 0.2) is 5.82 Å². The van der Waals surface area contributed by atoms with E-state index >= 15 is 0 Å². The monoisotopic (exact) mass is 328 g/mol.